The maximum Gasteiger partial charge on any atom is 0.227 e. The minimum atomic E-state index is 0.119. The van der Waals surface area contributed by atoms with Crippen LogP contribution in [0.15, 0.2) is 30.4 Å². The minimum Gasteiger partial charge on any atom is -0.493 e. The van der Waals surface area contributed by atoms with Gasteiger partial charge in [-0.05, 0) is 30.9 Å². The average molecular weight is 275 g/mol. The normalized spacial score (nSPS) is 17.1. The molecule has 1 aromatic carbocycles. The van der Waals surface area contributed by atoms with E-state index in [1.165, 1.54) is 0 Å². The number of amides is 1. The van der Waals surface area contributed by atoms with E-state index in [4.69, 9.17) is 9.47 Å². The molecule has 0 unspecified atom stereocenters. The van der Waals surface area contributed by atoms with Crippen molar-refractivity contribution >= 4 is 11.6 Å². The zero-order valence-electron chi connectivity index (χ0n) is 12.3. The van der Waals surface area contributed by atoms with E-state index in [9.17, 15) is 4.79 Å². The first-order valence-electron chi connectivity index (χ1n) is 6.81. The van der Waals surface area contributed by atoms with Gasteiger partial charge >= 0.3 is 0 Å². The topological polar surface area (TPSA) is 38.8 Å². The Balaban J connectivity index is 2.09. The molecule has 0 aromatic heterocycles. The molecule has 1 aliphatic rings. The van der Waals surface area contributed by atoms with Gasteiger partial charge in [-0.3, -0.25) is 4.79 Å². The summed E-state index contributed by atoms with van der Waals surface area (Å²) >= 11 is 0. The van der Waals surface area contributed by atoms with Gasteiger partial charge in [0.25, 0.3) is 0 Å². The van der Waals surface area contributed by atoms with Crippen LogP contribution in [0, 0.1) is 5.92 Å². The number of allylic oxidation sites excluding steroid dienone is 2. The fourth-order valence-electron chi connectivity index (χ4n) is 2.40. The van der Waals surface area contributed by atoms with E-state index < -0.39 is 0 Å². The smallest absolute Gasteiger partial charge is 0.227 e. The van der Waals surface area contributed by atoms with E-state index in [0.29, 0.717) is 23.8 Å². The van der Waals surface area contributed by atoms with Crippen molar-refractivity contribution in [2.45, 2.75) is 19.3 Å². The Morgan fingerprint density at radius 3 is 2.65 bits per heavy atom. The summed E-state index contributed by atoms with van der Waals surface area (Å²) in [6.07, 6.45) is 7.00. The first-order valence-corrected chi connectivity index (χ1v) is 6.81. The van der Waals surface area contributed by atoms with Crippen LogP contribution in [-0.4, -0.2) is 27.2 Å². The van der Waals surface area contributed by atoms with Crippen LogP contribution in [0.25, 0.3) is 0 Å². The summed E-state index contributed by atoms with van der Waals surface area (Å²) in [5.74, 6) is 1.79. The van der Waals surface area contributed by atoms with E-state index in [1.54, 1.807) is 26.2 Å². The maximum atomic E-state index is 12.3. The van der Waals surface area contributed by atoms with Crippen molar-refractivity contribution in [2.24, 2.45) is 5.92 Å². The Morgan fingerprint density at radius 2 is 2.05 bits per heavy atom. The highest BCUT2D eigenvalue weighted by atomic mass is 16.5. The molecule has 0 spiro atoms. The number of nitrogens with zero attached hydrogens (tertiary/aromatic N) is 1. The average Bonchev–Trinajstić information content (AvgIpc) is 2.98. The number of rotatable bonds is 5. The van der Waals surface area contributed by atoms with Gasteiger partial charge < -0.3 is 14.4 Å². The van der Waals surface area contributed by atoms with E-state index >= 15 is 0 Å². The van der Waals surface area contributed by atoms with Crippen molar-refractivity contribution in [2.75, 3.05) is 26.2 Å². The molecule has 1 atom stereocenters. The van der Waals surface area contributed by atoms with Crippen LogP contribution in [0.5, 0.6) is 11.5 Å². The zero-order valence-corrected chi connectivity index (χ0v) is 12.3. The number of hydrogen-bond donors (Lipinski definition) is 0. The molecule has 20 heavy (non-hydrogen) atoms. The summed E-state index contributed by atoms with van der Waals surface area (Å²) in [5.41, 5.74) is 0.814. The molecule has 0 bridgehead atoms. The molecule has 0 N–H and O–H groups in total. The van der Waals surface area contributed by atoms with Crippen LogP contribution in [0.4, 0.5) is 5.69 Å². The van der Waals surface area contributed by atoms with Gasteiger partial charge in [-0.25, -0.2) is 0 Å². The molecule has 0 fully saturated rings. The van der Waals surface area contributed by atoms with E-state index in [-0.39, 0.29) is 5.91 Å². The standard InChI is InChI=1S/C16H21NO3/c1-17(16(18)10-12-6-4-5-7-12)13-8-9-14(19-2)15(11-13)20-3/h4,6,8-9,11-12H,5,7,10H2,1-3H3/t12-/m0/s1. The van der Waals surface area contributed by atoms with Crippen LogP contribution in [0.3, 0.4) is 0 Å². The third-order valence-corrected chi connectivity index (χ3v) is 3.68. The fourth-order valence-corrected chi connectivity index (χ4v) is 2.40. The number of benzene rings is 1. The number of ether oxygens (including phenoxy) is 2. The van der Waals surface area contributed by atoms with E-state index in [2.05, 4.69) is 12.2 Å². The quantitative estimate of drug-likeness (QED) is 0.775. The summed E-state index contributed by atoms with van der Waals surface area (Å²) in [6.45, 7) is 0. The highest BCUT2D eigenvalue weighted by Crippen LogP contribution is 2.31. The third-order valence-electron chi connectivity index (χ3n) is 3.68. The number of carbonyl (C=O) groups is 1. The second kappa shape index (κ2) is 6.46. The molecule has 4 heteroatoms. The SMILES string of the molecule is COc1ccc(N(C)C(=O)C[C@H]2C=CCC2)cc1OC. The lowest BCUT2D eigenvalue weighted by Gasteiger charge is -2.20. The van der Waals surface area contributed by atoms with Gasteiger partial charge in [0.15, 0.2) is 11.5 Å². The number of methoxy groups -OCH3 is 2. The lowest BCUT2D eigenvalue weighted by molar-refractivity contribution is -0.118. The molecule has 2 rings (SSSR count). The predicted octanol–water partition coefficient (Wildman–Crippen LogP) is 3.02. The Morgan fingerprint density at radius 1 is 1.30 bits per heavy atom. The molecule has 0 aliphatic heterocycles. The van der Waals surface area contributed by atoms with Gasteiger partial charge in [0.2, 0.25) is 5.91 Å². The third kappa shape index (κ3) is 3.13. The first-order chi connectivity index (χ1) is 9.65. The Hall–Kier alpha value is -1.97. The molecule has 0 radical (unpaired) electrons. The van der Waals surface area contributed by atoms with Crippen molar-refractivity contribution in [1.29, 1.82) is 0 Å². The van der Waals surface area contributed by atoms with Crippen LogP contribution in [0.2, 0.25) is 0 Å². The van der Waals surface area contributed by atoms with Gasteiger partial charge in [-0.15, -0.1) is 0 Å². The Kier molecular flexibility index (Phi) is 4.66. The second-order valence-corrected chi connectivity index (χ2v) is 4.96. The van der Waals surface area contributed by atoms with Crippen molar-refractivity contribution in [3.05, 3.63) is 30.4 Å². The van der Waals surface area contributed by atoms with Crippen molar-refractivity contribution in [3.63, 3.8) is 0 Å². The summed E-state index contributed by atoms with van der Waals surface area (Å²) < 4.78 is 10.5. The molecule has 1 amide bonds. The monoisotopic (exact) mass is 275 g/mol. The van der Waals surface area contributed by atoms with Gasteiger partial charge in [0.1, 0.15) is 0 Å². The molecular weight excluding hydrogens is 254 g/mol. The van der Waals surface area contributed by atoms with E-state index in [1.807, 2.05) is 18.2 Å². The van der Waals surface area contributed by atoms with Crippen molar-refractivity contribution < 1.29 is 14.3 Å². The van der Waals surface area contributed by atoms with Gasteiger partial charge in [-0.2, -0.15) is 0 Å². The lowest BCUT2D eigenvalue weighted by Crippen LogP contribution is -2.27. The number of carbonyl (C=O) groups excluding carboxylic acids is 1. The van der Waals surface area contributed by atoms with Crippen LogP contribution in [0.1, 0.15) is 19.3 Å². The first kappa shape index (κ1) is 14.4. The van der Waals surface area contributed by atoms with Crippen LogP contribution >= 0.6 is 0 Å². The predicted molar refractivity (Wildman–Crippen MR) is 79.4 cm³/mol. The van der Waals surface area contributed by atoms with Gasteiger partial charge in [0.05, 0.1) is 14.2 Å². The summed E-state index contributed by atoms with van der Waals surface area (Å²) in [7, 11) is 4.98. The molecule has 108 valence electrons. The highest BCUT2D eigenvalue weighted by molar-refractivity contribution is 5.93. The number of hydrogen-bond acceptors (Lipinski definition) is 3. The highest BCUT2D eigenvalue weighted by Gasteiger charge is 2.18. The van der Waals surface area contributed by atoms with Gasteiger partial charge in [-0.1, -0.05) is 12.2 Å². The summed E-state index contributed by atoms with van der Waals surface area (Å²) in [6, 6.07) is 5.50. The maximum absolute atomic E-state index is 12.3. The van der Waals surface area contributed by atoms with Crippen molar-refractivity contribution in [1.82, 2.24) is 0 Å². The molecular formula is C16H21NO3. The molecule has 1 aromatic rings. The molecule has 0 saturated heterocycles. The minimum absolute atomic E-state index is 0.119. The molecule has 0 saturated carbocycles. The van der Waals surface area contributed by atoms with Crippen LogP contribution < -0.4 is 14.4 Å². The Bertz CT molecular complexity index is 510. The summed E-state index contributed by atoms with van der Waals surface area (Å²) in [5, 5.41) is 0. The van der Waals surface area contributed by atoms with Crippen LogP contribution in [-0.2, 0) is 4.79 Å². The van der Waals surface area contributed by atoms with Crippen molar-refractivity contribution in [3.8, 4) is 11.5 Å². The zero-order chi connectivity index (χ0) is 14.5. The lowest BCUT2D eigenvalue weighted by atomic mass is 10.0. The van der Waals surface area contributed by atoms with Gasteiger partial charge in [0, 0.05) is 25.2 Å². The molecule has 4 nitrogen and oxygen atoms in total. The molecule has 0 heterocycles. The number of anilines is 1. The van der Waals surface area contributed by atoms with E-state index in [0.717, 1.165) is 18.5 Å². The fraction of sp³-hybridized carbons (Fsp3) is 0.438. The summed E-state index contributed by atoms with van der Waals surface area (Å²) in [4.78, 5) is 13.9. The molecule has 1 aliphatic carbocycles. The Labute approximate surface area is 120 Å². The second-order valence-electron chi connectivity index (χ2n) is 4.96. The largest absolute Gasteiger partial charge is 0.493 e.